The summed E-state index contributed by atoms with van der Waals surface area (Å²) in [5, 5.41) is 11.7. The lowest BCUT2D eigenvalue weighted by Crippen LogP contribution is -2.47. The number of fused-ring (bicyclic) bond motifs is 2. The molecule has 1 fully saturated rings. The van der Waals surface area contributed by atoms with Crippen LogP contribution in [0.1, 0.15) is 56.7 Å². The van der Waals surface area contributed by atoms with Crippen LogP contribution in [-0.2, 0) is 38.6 Å². The summed E-state index contributed by atoms with van der Waals surface area (Å²) in [5.74, 6) is -1.45. The lowest BCUT2D eigenvalue weighted by Gasteiger charge is -2.26. The minimum absolute atomic E-state index is 0.00574. The average molecular weight is 819 g/mol. The first kappa shape index (κ1) is 43.3. The van der Waals surface area contributed by atoms with Gasteiger partial charge in [0.25, 0.3) is 11.8 Å². The number of hydrogen-bond acceptors (Lipinski definition) is 9. The summed E-state index contributed by atoms with van der Waals surface area (Å²) in [6, 6.07) is 29.5. The molecule has 14 nitrogen and oxygen atoms in total. The van der Waals surface area contributed by atoms with E-state index in [0.717, 1.165) is 36.3 Å². The van der Waals surface area contributed by atoms with E-state index >= 15 is 0 Å². The molecule has 4 N–H and O–H groups in total. The highest BCUT2D eigenvalue weighted by Crippen LogP contribution is 2.22. The number of rotatable bonds is 7. The quantitative estimate of drug-likeness (QED) is 0.218. The molecule has 14 heteroatoms. The minimum Gasteiger partial charge on any atom is -0.493 e. The van der Waals surface area contributed by atoms with Crippen LogP contribution in [0.3, 0.4) is 0 Å². The van der Waals surface area contributed by atoms with Crippen molar-refractivity contribution in [1.29, 1.82) is 0 Å². The number of nitrogens with one attached hydrogen (secondary N) is 4. The summed E-state index contributed by atoms with van der Waals surface area (Å²) in [7, 11) is 1.54. The molecule has 2 aliphatic rings. The lowest BCUT2D eigenvalue weighted by atomic mass is 10.0. The van der Waals surface area contributed by atoms with Gasteiger partial charge in [-0.25, -0.2) is 0 Å². The molecule has 0 aromatic heterocycles. The SMILES string of the molecule is CN1CC(=O)NCCCOc2ccccc2C(=O)N[C@H](C(=O)NCc2cccc(CN3CCOCC3)c2)CCC(=O)N[C@@H](Cc2ccccc2)COc2ccccc2C1=O. The van der Waals surface area contributed by atoms with Crippen molar-refractivity contribution < 1.29 is 38.2 Å². The molecule has 0 aliphatic carbocycles. The molecule has 2 aliphatic heterocycles. The van der Waals surface area contributed by atoms with Gasteiger partial charge in [0.1, 0.15) is 24.1 Å². The molecule has 0 unspecified atom stereocenters. The Hall–Kier alpha value is -6.25. The Kier molecular flexibility index (Phi) is 16.0. The van der Waals surface area contributed by atoms with E-state index in [0.29, 0.717) is 37.6 Å². The Labute approximate surface area is 350 Å². The van der Waals surface area contributed by atoms with Crippen LogP contribution < -0.4 is 30.7 Å². The number of likely N-dealkylation sites (N-methyl/N-ethyl adjacent to an activating group) is 1. The Morgan fingerprint density at radius 1 is 0.750 bits per heavy atom. The fourth-order valence-electron chi connectivity index (χ4n) is 7.07. The first-order valence-electron chi connectivity index (χ1n) is 20.5. The number of para-hydroxylation sites is 2. The topological polar surface area (TPSA) is 168 Å². The molecule has 6 rings (SSSR count). The maximum Gasteiger partial charge on any atom is 0.257 e. The van der Waals surface area contributed by atoms with E-state index in [1.807, 2.05) is 42.5 Å². The van der Waals surface area contributed by atoms with Crippen LogP contribution in [0.4, 0.5) is 0 Å². The van der Waals surface area contributed by atoms with Gasteiger partial charge < -0.3 is 40.4 Å². The first-order valence-corrected chi connectivity index (χ1v) is 20.5. The van der Waals surface area contributed by atoms with Gasteiger partial charge in [-0.3, -0.25) is 28.9 Å². The van der Waals surface area contributed by atoms with Gasteiger partial charge in [0.05, 0.1) is 43.5 Å². The summed E-state index contributed by atoms with van der Waals surface area (Å²) in [5.41, 5.74) is 3.47. The second kappa shape index (κ2) is 22.2. The highest BCUT2D eigenvalue weighted by molar-refractivity contribution is 6.00. The molecule has 0 spiro atoms. The molecule has 0 saturated carbocycles. The van der Waals surface area contributed by atoms with Crippen LogP contribution in [0.5, 0.6) is 11.5 Å². The molecule has 2 heterocycles. The zero-order valence-corrected chi connectivity index (χ0v) is 34.0. The standard InChI is InChI=1S/C46H54N6O8/c1-51-31-43(54)47-21-10-24-59-40-17-7-5-15-37(40)44(55)50-39(45(56)48-29-34-13-9-14-35(27-34)30-52-22-25-58-26-23-52)19-20-42(53)49-36(28-33-11-3-2-4-12-33)32-60-41-18-8-6-16-38(41)46(51)57/h2-9,11-18,27,36,39H,10,19-26,28-32H2,1H3,(H,47,54)(H,48,56)(H,49,53)(H,50,55)/t36-,39-/m0/s1. The fourth-order valence-corrected chi connectivity index (χ4v) is 7.07. The van der Waals surface area contributed by atoms with Crippen LogP contribution >= 0.6 is 0 Å². The maximum atomic E-state index is 13.9. The molecule has 4 aromatic carbocycles. The number of carbonyl (C=O) groups excluding carboxylic acids is 5. The molecule has 2 atom stereocenters. The number of hydrogen-bond donors (Lipinski definition) is 4. The third kappa shape index (κ3) is 13.1. The molecular weight excluding hydrogens is 765 g/mol. The van der Waals surface area contributed by atoms with E-state index < -0.39 is 29.8 Å². The zero-order valence-electron chi connectivity index (χ0n) is 34.0. The summed E-state index contributed by atoms with van der Waals surface area (Å²) >= 11 is 0. The first-order chi connectivity index (χ1) is 29.2. The normalized spacial score (nSPS) is 19.2. The van der Waals surface area contributed by atoms with Crippen molar-refractivity contribution in [2.75, 3.05) is 59.7 Å². The van der Waals surface area contributed by atoms with E-state index in [4.69, 9.17) is 14.2 Å². The fraction of sp³-hybridized carbons (Fsp3) is 0.370. The average Bonchev–Trinajstić information content (AvgIpc) is 3.26. The molecule has 5 amide bonds. The third-order valence-electron chi connectivity index (χ3n) is 10.3. The Morgan fingerprint density at radius 2 is 1.43 bits per heavy atom. The van der Waals surface area contributed by atoms with Gasteiger partial charge in [-0.05, 0) is 60.2 Å². The highest BCUT2D eigenvalue weighted by Gasteiger charge is 2.26. The summed E-state index contributed by atoms with van der Waals surface area (Å²) in [4.78, 5) is 71.5. The van der Waals surface area contributed by atoms with Crippen molar-refractivity contribution in [3.63, 3.8) is 0 Å². The molecular formula is C46H54N6O8. The number of morpholine rings is 1. The van der Waals surface area contributed by atoms with Crippen molar-refractivity contribution in [1.82, 2.24) is 31.1 Å². The maximum absolute atomic E-state index is 13.9. The Balaban J connectivity index is 1.21. The van der Waals surface area contributed by atoms with Crippen molar-refractivity contribution in [3.8, 4) is 11.5 Å². The van der Waals surface area contributed by atoms with Crippen LogP contribution in [0.25, 0.3) is 0 Å². The zero-order chi connectivity index (χ0) is 42.1. The number of nitrogens with zero attached hydrogens (tertiary/aromatic N) is 2. The molecule has 0 radical (unpaired) electrons. The Morgan fingerprint density at radius 3 is 2.22 bits per heavy atom. The molecule has 316 valence electrons. The second-order valence-electron chi connectivity index (χ2n) is 15.0. The largest absolute Gasteiger partial charge is 0.493 e. The highest BCUT2D eigenvalue weighted by atomic mass is 16.5. The number of amides is 5. The van der Waals surface area contributed by atoms with Crippen molar-refractivity contribution in [2.45, 2.75) is 50.9 Å². The van der Waals surface area contributed by atoms with Gasteiger partial charge >= 0.3 is 0 Å². The monoisotopic (exact) mass is 818 g/mol. The van der Waals surface area contributed by atoms with E-state index in [2.05, 4.69) is 38.3 Å². The van der Waals surface area contributed by atoms with E-state index in [1.54, 1.807) is 55.6 Å². The molecule has 4 aromatic rings. The van der Waals surface area contributed by atoms with Crippen molar-refractivity contribution in [3.05, 3.63) is 131 Å². The number of ether oxygens (including phenoxy) is 3. The third-order valence-corrected chi connectivity index (χ3v) is 10.3. The van der Waals surface area contributed by atoms with Gasteiger partial charge in [-0.1, -0.05) is 78.9 Å². The van der Waals surface area contributed by atoms with E-state index in [-0.39, 0.29) is 68.6 Å². The van der Waals surface area contributed by atoms with Gasteiger partial charge in [-0.2, -0.15) is 0 Å². The van der Waals surface area contributed by atoms with Crippen LogP contribution in [0, 0.1) is 0 Å². The van der Waals surface area contributed by atoms with Crippen LogP contribution in [0.15, 0.2) is 103 Å². The summed E-state index contributed by atoms with van der Waals surface area (Å²) in [6.45, 7) is 4.41. The minimum atomic E-state index is -1.07. The van der Waals surface area contributed by atoms with Gasteiger partial charge in [0.15, 0.2) is 0 Å². The smallest absolute Gasteiger partial charge is 0.257 e. The van der Waals surface area contributed by atoms with Crippen LogP contribution in [0.2, 0.25) is 0 Å². The summed E-state index contributed by atoms with van der Waals surface area (Å²) in [6.07, 6.45) is 0.766. The lowest BCUT2D eigenvalue weighted by molar-refractivity contribution is -0.124. The van der Waals surface area contributed by atoms with E-state index in [1.165, 1.54) is 4.90 Å². The van der Waals surface area contributed by atoms with Crippen LogP contribution in [-0.4, -0.2) is 111 Å². The van der Waals surface area contributed by atoms with Crippen molar-refractivity contribution >= 4 is 29.5 Å². The summed E-state index contributed by atoms with van der Waals surface area (Å²) < 4.78 is 17.7. The Bertz CT molecular complexity index is 2070. The molecule has 1 saturated heterocycles. The van der Waals surface area contributed by atoms with E-state index in [9.17, 15) is 24.0 Å². The van der Waals surface area contributed by atoms with Gasteiger partial charge in [0, 0.05) is 46.2 Å². The molecule has 0 bridgehead atoms. The van der Waals surface area contributed by atoms with Gasteiger partial charge in [-0.15, -0.1) is 0 Å². The predicted octanol–water partition coefficient (Wildman–Crippen LogP) is 3.49. The predicted molar refractivity (Wildman–Crippen MR) is 225 cm³/mol. The second-order valence-corrected chi connectivity index (χ2v) is 15.0. The number of benzene rings is 4. The number of carbonyl (C=O) groups is 5. The van der Waals surface area contributed by atoms with Gasteiger partial charge in [0.2, 0.25) is 17.7 Å². The van der Waals surface area contributed by atoms with Crippen molar-refractivity contribution in [2.24, 2.45) is 0 Å². The molecule has 60 heavy (non-hydrogen) atoms.